The second-order valence-electron chi connectivity index (χ2n) is 5.63. The lowest BCUT2D eigenvalue weighted by molar-refractivity contribution is 0.193. The number of aromatic amines is 1. The zero-order valence-corrected chi connectivity index (χ0v) is 13.9. The fraction of sp³-hybridized carbons (Fsp3) is 0.533. The molecule has 122 valence electrons. The van der Waals surface area contributed by atoms with Gasteiger partial charge in [-0.05, 0) is 49.9 Å². The number of imidazole rings is 1. The Labute approximate surface area is 130 Å². The number of hydrogen-bond donors (Lipinski definition) is 3. The number of hydrogen-bond acceptors (Lipinski definition) is 3. The number of phosphoric ester groups is 1. The van der Waals surface area contributed by atoms with E-state index in [1.54, 1.807) is 0 Å². The van der Waals surface area contributed by atoms with Gasteiger partial charge in [-0.2, -0.15) is 0 Å². The van der Waals surface area contributed by atoms with E-state index in [4.69, 9.17) is 9.79 Å². The molecule has 1 aromatic heterocycles. The van der Waals surface area contributed by atoms with Crippen molar-refractivity contribution in [3.05, 3.63) is 29.1 Å². The maximum absolute atomic E-state index is 10.5. The molecule has 0 aliphatic rings. The van der Waals surface area contributed by atoms with Gasteiger partial charge < -0.3 is 14.8 Å². The van der Waals surface area contributed by atoms with Gasteiger partial charge in [-0.25, -0.2) is 9.55 Å². The van der Waals surface area contributed by atoms with Crippen molar-refractivity contribution in [3.63, 3.8) is 0 Å². The van der Waals surface area contributed by atoms with Gasteiger partial charge in [-0.15, -0.1) is 0 Å². The van der Waals surface area contributed by atoms with Gasteiger partial charge in [0, 0.05) is 6.42 Å². The zero-order chi connectivity index (χ0) is 16.2. The summed E-state index contributed by atoms with van der Waals surface area (Å²) in [4.78, 5) is 25.1. The van der Waals surface area contributed by atoms with Gasteiger partial charge in [0.15, 0.2) is 0 Å². The Morgan fingerprint density at radius 3 is 2.55 bits per heavy atom. The summed E-state index contributed by atoms with van der Waals surface area (Å²) in [5.74, 6) is 0.992. The molecule has 2 aromatic rings. The molecule has 6 nitrogen and oxygen atoms in total. The van der Waals surface area contributed by atoms with Crippen molar-refractivity contribution in [3.8, 4) is 0 Å². The summed E-state index contributed by atoms with van der Waals surface area (Å²) in [6, 6.07) is 4.23. The first-order valence-electron chi connectivity index (χ1n) is 7.51. The topological polar surface area (TPSA) is 95.4 Å². The molecule has 3 N–H and O–H groups in total. The molecule has 0 aliphatic heterocycles. The second kappa shape index (κ2) is 7.38. The predicted octanol–water partition coefficient (Wildman–Crippen LogP) is 3.39. The third-order valence-corrected chi connectivity index (χ3v) is 4.23. The molecule has 0 aliphatic carbocycles. The normalized spacial score (nSPS) is 12.2. The Morgan fingerprint density at radius 2 is 1.82 bits per heavy atom. The Hall–Kier alpha value is -1.20. The second-order valence-corrected chi connectivity index (χ2v) is 6.86. The van der Waals surface area contributed by atoms with E-state index < -0.39 is 7.82 Å². The summed E-state index contributed by atoms with van der Waals surface area (Å²) < 4.78 is 14.9. The molecule has 0 atom stereocenters. The van der Waals surface area contributed by atoms with Crippen LogP contribution in [0.1, 0.15) is 42.6 Å². The van der Waals surface area contributed by atoms with Crippen molar-refractivity contribution < 1.29 is 18.9 Å². The van der Waals surface area contributed by atoms with E-state index in [-0.39, 0.29) is 6.61 Å². The summed E-state index contributed by atoms with van der Waals surface area (Å²) in [6.07, 6.45) is 4.40. The van der Waals surface area contributed by atoms with Crippen molar-refractivity contribution in [2.45, 2.75) is 46.0 Å². The number of phosphoric acid groups is 1. The number of H-pyrrole nitrogens is 1. The van der Waals surface area contributed by atoms with E-state index in [2.05, 4.69) is 40.5 Å². The molecule has 22 heavy (non-hydrogen) atoms. The molecule has 0 bridgehead atoms. The minimum absolute atomic E-state index is 0.105. The van der Waals surface area contributed by atoms with Crippen molar-refractivity contribution in [2.24, 2.45) is 0 Å². The number of benzene rings is 1. The van der Waals surface area contributed by atoms with Crippen LogP contribution in [-0.4, -0.2) is 26.4 Å². The van der Waals surface area contributed by atoms with E-state index >= 15 is 0 Å². The number of aromatic nitrogens is 2. The molecule has 2 rings (SSSR count). The van der Waals surface area contributed by atoms with Crippen molar-refractivity contribution in [1.29, 1.82) is 0 Å². The third kappa shape index (κ3) is 5.21. The lowest BCUT2D eigenvalue weighted by atomic mass is 10.1. The number of unbranched alkanes of at least 4 members (excludes halogenated alkanes) is 3. The standard InChI is InChI=1S/C15H23N2O4P/c1-11-9-13-14(10-12(11)2)17-15(16-13)7-5-3-4-6-8-21-22(18,19)20/h9-10H,3-8H2,1-2H3,(H,16,17)(H2,18,19,20). The molecular formula is C15H23N2O4P. The number of aryl methyl sites for hydroxylation is 3. The fourth-order valence-electron chi connectivity index (χ4n) is 2.37. The van der Waals surface area contributed by atoms with E-state index in [0.717, 1.165) is 42.5 Å². The Balaban J connectivity index is 1.72. The Kier molecular flexibility index (Phi) is 5.75. The highest BCUT2D eigenvalue weighted by molar-refractivity contribution is 7.46. The van der Waals surface area contributed by atoms with Crippen molar-refractivity contribution in [1.82, 2.24) is 9.97 Å². The summed E-state index contributed by atoms with van der Waals surface area (Å²) in [7, 11) is -4.31. The summed E-state index contributed by atoms with van der Waals surface area (Å²) in [6.45, 7) is 4.28. The van der Waals surface area contributed by atoms with E-state index in [0.29, 0.717) is 6.42 Å². The van der Waals surface area contributed by atoms with Gasteiger partial charge in [-0.3, -0.25) is 4.52 Å². The van der Waals surface area contributed by atoms with Gasteiger partial charge in [0.25, 0.3) is 0 Å². The van der Waals surface area contributed by atoms with Crippen LogP contribution in [0.3, 0.4) is 0 Å². The Morgan fingerprint density at radius 1 is 1.14 bits per heavy atom. The van der Waals surface area contributed by atoms with Crippen LogP contribution in [-0.2, 0) is 15.5 Å². The van der Waals surface area contributed by atoms with Crippen LogP contribution in [0.15, 0.2) is 12.1 Å². The molecule has 0 spiro atoms. The van der Waals surface area contributed by atoms with E-state index in [1.165, 1.54) is 11.1 Å². The molecule has 0 unspecified atom stereocenters. The summed E-state index contributed by atoms with van der Waals surface area (Å²) >= 11 is 0. The smallest absolute Gasteiger partial charge is 0.342 e. The summed E-state index contributed by atoms with van der Waals surface area (Å²) in [5, 5.41) is 0. The lowest BCUT2D eigenvalue weighted by Gasteiger charge is -2.04. The van der Waals surface area contributed by atoms with Gasteiger partial charge in [0.1, 0.15) is 5.82 Å². The SMILES string of the molecule is Cc1cc2nc(CCCCCCOP(=O)(O)O)[nH]c2cc1C. The van der Waals surface area contributed by atoms with Gasteiger partial charge in [0.05, 0.1) is 17.6 Å². The largest absolute Gasteiger partial charge is 0.469 e. The molecular weight excluding hydrogens is 303 g/mol. The maximum Gasteiger partial charge on any atom is 0.469 e. The minimum atomic E-state index is -4.31. The molecule has 1 heterocycles. The number of fused-ring (bicyclic) bond motifs is 1. The minimum Gasteiger partial charge on any atom is -0.342 e. The van der Waals surface area contributed by atoms with Crippen LogP contribution in [0, 0.1) is 13.8 Å². The van der Waals surface area contributed by atoms with Gasteiger partial charge >= 0.3 is 7.82 Å². The first kappa shape index (κ1) is 17.2. The van der Waals surface area contributed by atoms with Crippen molar-refractivity contribution >= 4 is 18.9 Å². The highest BCUT2D eigenvalue weighted by atomic mass is 31.2. The fourth-order valence-corrected chi connectivity index (χ4v) is 2.74. The van der Waals surface area contributed by atoms with Crippen LogP contribution in [0.4, 0.5) is 0 Å². The highest BCUT2D eigenvalue weighted by Gasteiger charge is 2.12. The number of rotatable bonds is 8. The van der Waals surface area contributed by atoms with Crippen LogP contribution < -0.4 is 0 Å². The van der Waals surface area contributed by atoms with Crippen molar-refractivity contribution in [2.75, 3.05) is 6.61 Å². The molecule has 7 heteroatoms. The number of nitrogens with one attached hydrogen (secondary N) is 1. The van der Waals surface area contributed by atoms with E-state index in [9.17, 15) is 4.57 Å². The van der Waals surface area contributed by atoms with Gasteiger partial charge in [0.2, 0.25) is 0 Å². The Bertz CT molecular complexity index is 638. The molecule has 0 saturated heterocycles. The number of nitrogens with zero attached hydrogens (tertiary/aromatic N) is 1. The van der Waals surface area contributed by atoms with Gasteiger partial charge in [-0.1, -0.05) is 12.8 Å². The molecule has 0 radical (unpaired) electrons. The average Bonchev–Trinajstić information content (AvgIpc) is 2.78. The molecule has 1 aromatic carbocycles. The highest BCUT2D eigenvalue weighted by Crippen LogP contribution is 2.35. The average molecular weight is 326 g/mol. The monoisotopic (exact) mass is 326 g/mol. The zero-order valence-electron chi connectivity index (χ0n) is 13.0. The van der Waals surface area contributed by atoms with Crippen LogP contribution >= 0.6 is 7.82 Å². The third-order valence-electron chi connectivity index (χ3n) is 3.71. The van der Waals surface area contributed by atoms with E-state index in [1.807, 2.05) is 0 Å². The van der Waals surface area contributed by atoms with Crippen LogP contribution in [0.25, 0.3) is 11.0 Å². The summed E-state index contributed by atoms with van der Waals surface area (Å²) in [5.41, 5.74) is 4.59. The van der Waals surface area contributed by atoms with Crippen LogP contribution in [0.2, 0.25) is 0 Å². The first-order chi connectivity index (χ1) is 10.3. The molecule has 0 fully saturated rings. The maximum atomic E-state index is 10.5. The predicted molar refractivity (Wildman–Crippen MR) is 85.7 cm³/mol. The first-order valence-corrected chi connectivity index (χ1v) is 9.04. The molecule has 0 amide bonds. The molecule has 0 saturated carbocycles. The van der Waals surface area contributed by atoms with Crippen LogP contribution in [0.5, 0.6) is 0 Å². The lowest BCUT2D eigenvalue weighted by Crippen LogP contribution is -1.93. The quantitative estimate of drug-likeness (QED) is 0.510.